The van der Waals surface area contributed by atoms with E-state index < -0.39 is 0 Å². The quantitative estimate of drug-likeness (QED) is 0.838. The Kier molecular flexibility index (Phi) is 5.44. The predicted molar refractivity (Wildman–Crippen MR) is 91.9 cm³/mol. The lowest BCUT2D eigenvalue weighted by Gasteiger charge is -2.39. The van der Waals surface area contributed by atoms with Crippen molar-refractivity contribution in [1.29, 1.82) is 0 Å². The topological polar surface area (TPSA) is 36.4 Å². The van der Waals surface area contributed by atoms with Crippen molar-refractivity contribution in [3.8, 4) is 0 Å². The molecule has 2 aliphatic rings. The van der Waals surface area contributed by atoms with Crippen LogP contribution in [0.1, 0.15) is 44.6 Å². The van der Waals surface area contributed by atoms with Crippen molar-refractivity contribution in [3.05, 3.63) is 41.7 Å². The Morgan fingerprint density at radius 3 is 2.87 bits per heavy atom. The minimum atomic E-state index is 0.284. The van der Waals surface area contributed by atoms with Crippen LogP contribution in [-0.2, 0) is 11.3 Å². The van der Waals surface area contributed by atoms with Gasteiger partial charge in [-0.2, -0.15) is 0 Å². The number of pyridine rings is 1. The molecule has 1 amide bonds. The van der Waals surface area contributed by atoms with Crippen molar-refractivity contribution < 1.29 is 4.79 Å². The molecule has 1 aliphatic heterocycles. The Bertz CT molecular complexity index is 555. The lowest BCUT2D eigenvalue weighted by molar-refractivity contribution is -0.129. The fourth-order valence-electron chi connectivity index (χ4n) is 3.73. The number of aromatic nitrogens is 1. The van der Waals surface area contributed by atoms with E-state index in [1.807, 2.05) is 12.4 Å². The summed E-state index contributed by atoms with van der Waals surface area (Å²) >= 11 is 0. The molecule has 0 bridgehead atoms. The number of nitrogens with zero attached hydrogens (tertiary/aromatic N) is 3. The SMILES string of the molecule is CCN(Cc1ccncc1)C1CCCN(C(=O)C2=CCCC2)C1. The highest BCUT2D eigenvalue weighted by Crippen LogP contribution is 2.24. The molecule has 0 N–H and O–H groups in total. The van der Waals surface area contributed by atoms with Crippen LogP contribution in [0.25, 0.3) is 0 Å². The van der Waals surface area contributed by atoms with E-state index >= 15 is 0 Å². The Hall–Kier alpha value is -1.68. The minimum absolute atomic E-state index is 0.284. The summed E-state index contributed by atoms with van der Waals surface area (Å²) in [6.07, 6.45) is 11.3. The molecule has 4 heteroatoms. The van der Waals surface area contributed by atoms with E-state index in [9.17, 15) is 4.79 Å². The van der Waals surface area contributed by atoms with Crippen LogP contribution in [0.3, 0.4) is 0 Å². The first kappa shape index (κ1) is 16.2. The standard InChI is InChI=1S/C19H27N3O/c1-2-21(14-16-9-11-20-12-10-16)18-8-5-13-22(15-18)19(23)17-6-3-4-7-17/h6,9-12,18H,2-5,7-8,13-15H2,1H3. The van der Waals surface area contributed by atoms with Crippen LogP contribution in [-0.4, -0.2) is 46.4 Å². The zero-order chi connectivity index (χ0) is 16.1. The van der Waals surface area contributed by atoms with Crippen molar-refractivity contribution in [2.45, 2.75) is 51.6 Å². The van der Waals surface area contributed by atoms with Crippen LogP contribution in [0.4, 0.5) is 0 Å². The average molecular weight is 313 g/mol. The molecule has 2 heterocycles. The van der Waals surface area contributed by atoms with Gasteiger partial charge in [0.15, 0.2) is 0 Å². The fraction of sp³-hybridized carbons (Fsp3) is 0.579. The van der Waals surface area contributed by atoms with Gasteiger partial charge in [0.05, 0.1) is 0 Å². The molecular weight excluding hydrogens is 286 g/mol. The van der Waals surface area contributed by atoms with Crippen LogP contribution >= 0.6 is 0 Å². The van der Waals surface area contributed by atoms with Crippen molar-refractivity contribution >= 4 is 5.91 Å². The summed E-state index contributed by atoms with van der Waals surface area (Å²) in [6.45, 7) is 5.95. The molecule has 0 aromatic carbocycles. The molecule has 1 aromatic heterocycles. The molecule has 1 atom stereocenters. The highest BCUT2D eigenvalue weighted by Gasteiger charge is 2.29. The van der Waals surface area contributed by atoms with Gasteiger partial charge >= 0.3 is 0 Å². The molecule has 0 spiro atoms. The zero-order valence-electron chi connectivity index (χ0n) is 14.1. The average Bonchev–Trinajstić information content (AvgIpc) is 3.14. The van der Waals surface area contributed by atoms with Crippen LogP contribution in [0.15, 0.2) is 36.2 Å². The minimum Gasteiger partial charge on any atom is -0.337 e. The summed E-state index contributed by atoms with van der Waals surface area (Å²) in [5.41, 5.74) is 2.34. The number of piperidine rings is 1. The van der Waals surface area contributed by atoms with Gasteiger partial charge in [0.2, 0.25) is 5.91 Å². The molecule has 1 fully saturated rings. The van der Waals surface area contributed by atoms with Gasteiger partial charge in [0.25, 0.3) is 0 Å². The molecular formula is C19H27N3O. The van der Waals surface area contributed by atoms with Crippen LogP contribution in [0, 0.1) is 0 Å². The zero-order valence-corrected chi connectivity index (χ0v) is 14.1. The van der Waals surface area contributed by atoms with E-state index in [4.69, 9.17) is 0 Å². The van der Waals surface area contributed by atoms with Gasteiger partial charge in [-0.3, -0.25) is 14.7 Å². The van der Waals surface area contributed by atoms with Crippen LogP contribution in [0.2, 0.25) is 0 Å². The van der Waals surface area contributed by atoms with Gasteiger partial charge in [0, 0.05) is 43.6 Å². The number of hydrogen-bond donors (Lipinski definition) is 0. The number of hydrogen-bond acceptors (Lipinski definition) is 3. The van der Waals surface area contributed by atoms with Gasteiger partial charge in [-0.05, 0) is 56.3 Å². The van der Waals surface area contributed by atoms with Crippen molar-refractivity contribution in [2.75, 3.05) is 19.6 Å². The second kappa shape index (κ2) is 7.73. The highest BCUT2D eigenvalue weighted by molar-refractivity contribution is 5.93. The monoisotopic (exact) mass is 313 g/mol. The Morgan fingerprint density at radius 2 is 2.17 bits per heavy atom. The van der Waals surface area contributed by atoms with E-state index in [0.717, 1.165) is 57.4 Å². The molecule has 23 heavy (non-hydrogen) atoms. The number of amides is 1. The van der Waals surface area contributed by atoms with Crippen LogP contribution < -0.4 is 0 Å². The molecule has 1 aromatic rings. The highest BCUT2D eigenvalue weighted by atomic mass is 16.2. The van der Waals surface area contributed by atoms with E-state index in [1.165, 1.54) is 12.0 Å². The third-order valence-corrected chi connectivity index (χ3v) is 5.06. The maximum atomic E-state index is 12.6. The maximum Gasteiger partial charge on any atom is 0.249 e. The van der Waals surface area contributed by atoms with E-state index in [-0.39, 0.29) is 5.91 Å². The normalized spacial score (nSPS) is 21.6. The van der Waals surface area contributed by atoms with Crippen LogP contribution in [0.5, 0.6) is 0 Å². The first-order valence-electron chi connectivity index (χ1n) is 8.89. The molecule has 124 valence electrons. The lowest BCUT2D eigenvalue weighted by Crippen LogP contribution is -2.49. The molecule has 4 nitrogen and oxygen atoms in total. The van der Waals surface area contributed by atoms with Gasteiger partial charge < -0.3 is 4.90 Å². The third kappa shape index (κ3) is 3.99. The summed E-state index contributed by atoms with van der Waals surface area (Å²) < 4.78 is 0. The second-order valence-corrected chi connectivity index (χ2v) is 6.59. The summed E-state index contributed by atoms with van der Waals surface area (Å²) in [5, 5.41) is 0. The van der Waals surface area contributed by atoms with E-state index in [1.54, 1.807) is 0 Å². The third-order valence-electron chi connectivity index (χ3n) is 5.06. The number of likely N-dealkylation sites (tertiary alicyclic amines) is 1. The number of likely N-dealkylation sites (N-methyl/N-ethyl adjacent to an activating group) is 1. The second-order valence-electron chi connectivity index (χ2n) is 6.59. The summed E-state index contributed by atoms with van der Waals surface area (Å²) in [4.78, 5) is 21.3. The fourth-order valence-corrected chi connectivity index (χ4v) is 3.73. The van der Waals surface area contributed by atoms with Crippen molar-refractivity contribution in [1.82, 2.24) is 14.8 Å². The summed E-state index contributed by atoms with van der Waals surface area (Å²) in [5.74, 6) is 0.284. The number of carbonyl (C=O) groups is 1. The lowest BCUT2D eigenvalue weighted by atomic mass is 10.0. The van der Waals surface area contributed by atoms with Gasteiger partial charge in [-0.25, -0.2) is 0 Å². The van der Waals surface area contributed by atoms with Gasteiger partial charge in [-0.1, -0.05) is 13.0 Å². The Morgan fingerprint density at radius 1 is 1.35 bits per heavy atom. The smallest absolute Gasteiger partial charge is 0.249 e. The van der Waals surface area contributed by atoms with Gasteiger partial charge in [0.1, 0.15) is 0 Å². The molecule has 1 unspecified atom stereocenters. The predicted octanol–water partition coefficient (Wildman–Crippen LogP) is 3.00. The molecule has 1 saturated heterocycles. The Balaban J connectivity index is 1.63. The van der Waals surface area contributed by atoms with Crippen molar-refractivity contribution in [2.24, 2.45) is 0 Å². The first-order chi connectivity index (χ1) is 11.3. The molecule has 1 aliphatic carbocycles. The Labute approximate surface area is 139 Å². The van der Waals surface area contributed by atoms with E-state index in [2.05, 4.69) is 39.9 Å². The number of rotatable bonds is 5. The molecule has 0 radical (unpaired) electrons. The number of carbonyl (C=O) groups excluding carboxylic acids is 1. The first-order valence-corrected chi connectivity index (χ1v) is 8.89. The van der Waals surface area contributed by atoms with E-state index in [0.29, 0.717) is 6.04 Å². The van der Waals surface area contributed by atoms with Crippen molar-refractivity contribution in [3.63, 3.8) is 0 Å². The van der Waals surface area contributed by atoms with Gasteiger partial charge in [-0.15, -0.1) is 0 Å². The molecule has 0 saturated carbocycles. The summed E-state index contributed by atoms with van der Waals surface area (Å²) in [6, 6.07) is 4.63. The largest absolute Gasteiger partial charge is 0.337 e. The maximum absolute atomic E-state index is 12.6. The molecule has 3 rings (SSSR count). The summed E-state index contributed by atoms with van der Waals surface area (Å²) in [7, 11) is 0. The number of allylic oxidation sites excluding steroid dienone is 1.